The molecule has 0 spiro atoms. The molecule has 1 heterocycles. The average Bonchev–Trinajstić information content (AvgIpc) is 2.46. The van der Waals surface area contributed by atoms with Gasteiger partial charge in [-0.1, -0.05) is 18.2 Å². The number of nitrogens with one attached hydrogen (secondary N) is 1. The van der Waals surface area contributed by atoms with Crippen LogP contribution in [0, 0.1) is 0 Å². The molecule has 1 fully saturated rings. The van der Waals surface area contributed by atoms with Crippen LogP contribution in [-0.4, -0.2) is 25.7 Å². The topological polar surface area (TPSA) is 38.3 Å². The SMILES string of the molecule is COC(=O)C1CCC(c2ccccc2C(F)(F)F)CN1. The first-order chi connectivity index (χ1) is 9.43. The van der Waals surface area contributed by atoms with Crippen molar-refractivity contribution in [3.05, 3.63) is 35.4 Å². The maximum atomic E-state index is 13.0. The number of hydrogen-bond donors (Lipinski definition) is 1. The van der Waals surface area contributed by atoms with Gasteiger partial charge < -0.3 is 10.1 Å². The number of alkyl halides is 3. The van der Waals surface area contributed by atoms with Crippen LogP contribution in [-0.2, 0) is 15.7 Å². The standard InChI is InChI=1S/C14H16F3NO2/c1-20-13(19)12-7-6-9(8-18-12)10-4-2-3-5-11(10)14(15,16)17/h2-5,9,12,18H,6-8H2,1H3. The molecule has 110 valence electrons. The fraction of sp³-hybridized carbons (Fsp3) is 0.500. The van der Waals surface area contributed by atoms with Gasteiger partial charge in [0.25, 0.3) is 0 Å². The van der Waals surface area contributed by atoms with Crippen LogP contribution in [0.2, 0.25) is 0 Å². The Morgan fingerprint density at radius 3 is 2.55 bits per heavy atom. The van der Waals surface area contributed by atoms with Crippen LogP contribution < -0.4 is 5.32 Å². The van der Waals surface area contributed by atoms with Crippen molar-refractivity contribution in [1.29, 1.82) is 0 Å². The van der Waals surface area contributed by atoms with E-state index in [1.807, 2.05) is 0 Å². The summed E-state index contributed by atoms with van der Waals surface area (Å²) in [5, 5.41) is 2.96. The van der Waals surface area contributed by atoms with Crippen molar-refractivity contribution in [2.45, 2.75) is 31.0 Å². The summed E-state index contributed by atoms with van der Waals surface area (Å²) in [6.45, 7) is 0.340. The predicted molar refractivity (Wildman–Crippen MR) is 67.2 cm³/mol. The summed E-state index contributed by atoms with van der Waals surface area (Å²) in [7, 11) is 1.30. The van der Waals surface area contributed by atoms with E-state index >= 15 is 0 Å². The van der Waals surface area contributed by atoms with Crippen molar-refractivity contribution < 1.29 is 22.7 Å². The van der Waals surface area contributed by atoms with Crippen molar-refractivity contribution in [3.8, 4) is 0 Å². The number of methoxy groups -OCH3 is 1. The van der Waals surface area contributed by atoms with Crippen LogP contribution >= 0.6 is 0 Å². The normalized spacial score (nSPS) is 23.4. The van der Waals surface area contributed by atoms with Gasteiger partial charge in [-0.15, -0.1) is 0 Å². The zero-order valence-electron chi connectivity index (χ0n) is 11.0. The molecule has 0 saturated carbocycles. The number of carbonyl (C=O) groups is 1. The molecule has 0 aromatic heterocycles. The lowest BCUT2D eigenvalue weighted by Crippen LogP contribution is -2.44. The number of rotatable bonds is 2. The van der Waals surface area contributed by atoms with Crippen molar-refractivity contribution in [2.75, 3.05) is 13.7 Å². The minimum absolute atomic E-state index is 0.242. The van der Waals surface area contributed by atoms with Gasteiger partial charge >= 0.3 is 12.1 Å². The van der Waals surface area contributed by atoms with Crippen molar-refractivity contribution in [1.82, 2.24) is 5.32 Å². The van der Waals surface area contributed by atoms with Gasteiger partial charge in [-0.25, -0.2) is 0 Å². The van der Waals surface area contributed by atoms with Gasteiger partial charge in [-0.05, 0) is 30.4 Å². The molecule has 1 aromatic rings. The van der Waals surface area contributed by atoms with Crippen molar-refractivity contribution in [3.63, 3.8) is 0 Å². The Hall–Kier alpha value is -1.56. The highest BCUT2D eigenvalue weighted by atomic mass is 19.4. The Bertz CT molecular complexity index is 480. The second kappa shape index (κ2) is 5.83. The van der Waals surface area contributed by atoms with Crippen molar-refractivity contribution >= 4 is 5.97 Å². The van der Waals surface area contributed by atoms with E-state index in [1.54, 1.807) is 6.07 Å². The quantitative estimate of drug-likeness (QED) is 0.850. The largest absolute Gasteiger partial charge is 0.468 e. The highest BCUT2D eigenvalue weighted by Gasteiger charge is 2.36. The lowest BCUT2D eigenvalue weighted by atomic mass is 9.86. The Kier molecular flexibility index (Phi) is 4.32. The Balaban J connectivity index is 2.13. The number of esters is 1. The predicted octanol–water partition coefficient (Wildman–Crippen LogP) is 2.71. The molecule has 1 aliphatic rings. The maximum Gasteiger partial charge on any atom is 0.416 e. The van der Waals surface area contributed by atoms with Crippen LogP contribution in [0.5, 0.6) is 0 Å². The van der Waals surface area contributed by atoms with E-state index in [0.29, 0.717) is 19.4 Å². The first-order valence-corrected chi connectivity index (χ1v) is 6.41. The van der Waals surface area contributed by atoms with E-state index in [1.165, 1.54) is 19.2 Å². The first kappa shape index (κ1) is 14.8. The van der Waals surface area contributed by atoms with E-state index < -0.39 is 17.8 Å². The molecule has 3 nitrogen and oxygen atoms in total. The lowest BCUT2D eigenvalue weighted by Gasteiger charge is -2.30. The minimum atomic E-state index is -4.35. The van der Waals surface area contributed by atoms with E-state index in [4.69, 9.17) is 0 Å². The van der Waals surface area contributed by atoms with Crippen LogP contribution in [0.4, 0.5) is 13.2 Å². The number of hydrogen-bond acceptors (Lipinski definition) is 3. The van der Waals surface area contributed by atoms with Crippen LogP contribution in [0.1, 0.15) is 29.9 Å². The highest BCUT2D eigenvalue weighted by molar-refractivity contribution is 5.75. The molecule has 0 aliphatic carbocycles. The molecule has 0 bridgehead atoms. The third kappa shape index (κ3) is 3.12. The smallest absolute Gasteiger partial charge is 0.416 e. The van der Waals surface area contributed by atoms with E-state index in [-0.39, 0.29) is 17.5 Å². The molecule has 1 N–H and O–H groups in total. The van der Waals surface area contributed by atoms with Gasteiger partial charge in [0.15, 0.2) is 0 Å². The summed E-state index contributed by atoms with van der Waals surface area (Å²) in [5.74, 6) is -0.610. The molecule has 2 unspecified atom stereocenters. The van der Waals surface area contributed by atoms with E-state index in [2.05, 4.69) is 10.1 Å². The summed E-state index contributed by atoms with van der Waals surface area (Å²) in [6.07, 6.45) is -3.35. The molecule has 0 radical (unpaired) electrons. The van der Waals surface area contributed by atoms with Gasteiger partial charge in [0.1, 0.15) is 6.04 Å². The third-order valence-corrected chi connectivity index (χ3v) is 3.61. The molecule has 1 saturated heterocycles. The van der Waals surface area contributed by atoms with Gasteiger partial charge in [-0.2, -0.15) is 13.2 Å². The molecule has 20 heavy (non-hydrogen) atoms. The van der Waals surface area contributed by atoms with E-state index in [0.717, 1.165) is 6.07 Å². The Morgan fingerprint density at radius 2 is 2.00 bits per heavy atom. The summed E-state index contributed by atoms with van der Waals surface area (Å²) in [4.78, 5) is 11.4. The summed E-state index contributed by atoms with van der Waals surface area (Å²) in [5.41, 5.74) is -0.306. The molecule has 1 aliphatic heterocycles. The second-order valence-corrected chi connectivity index (χ2v) is 4.84. The summed E-state index contributed by atoms with van der Waals surface area (Å²) < 4.78 is 43.5. The van der Waals surface area contributed by atoms with E-state index in [9.17, 15) is 18.0 Å². The van der Waals surface area contributed by atoms with Crippen LogP contribution in [0.25, 0.3) is 0 Å². The third-order valence-electron chi connectivity index (χ3n) is 3.61. The fourth-order valence-corrected chi connectivity index (χ4v) is 2.58. The molecule has 1 aromatic carbocycles. The molecule has 2 atom stereocenters. The maximum absolute atomic E-state index is 13.0. The number of benzene rings is 1. The molecule has 2 rings (SSSR count). The number of halogens is 3. The summed E-state index contributed by atoms with van der Waals surface area (Å²) in [6, 6.07) is 5.18. The zero-order chi connectivity index (χ0) is 14.8. The number of carbonyl (C=O) groups excluding carboxylic acids is 1. The average molecular weight is 287 g/mol. The Labute approximate surface area is 115 Å². The second-order valence-electron chi connectivity index (χ2n) is 4.84. The lowest BCUT2D eigenvalue weighted by molar-refractivity contribution is -0.144. The Morgan fingerprint density at radius 1 is 1.30 bits per heavy atom. The summed E-state index contributed by atoms with van der Waals surface area (Å²) >= 11 is 0. The molecular weight excluding hydrogens is 271 g/mol. The van der Waals surface area contributed by atoms with Crippen LogP contribution in [0.3, 0.4) is 0 Å². The van der Waals surface area contributed by atoms with Crippen LogP contribution in [0.15, 0.2) is 24.3 Å². The van der Waals surface area contributed by atoms with Gasteiger partial charge in [0.05, 0.1) is 12.7 Å². The number of ether oxygens (including phenoxy) is 1. The highest BCUT2D eigenvalue weighted by Crippen LogP contribution is 2.37. The zero-order valence-corrected chi connectivity index (χ0v) is 11.0. The van der Waals surface area contributed by atoms with Gasteiger partial charge in [0, 0.05) is 6.54 Å². The van der Waals surface area contributed by atoms with Crippen molar-refractivity contribution in [2.24, 2.45) is 0 Å². The first-order valence-electron chi connectivity index (χ1n) is 6.41. The van der Waals surface area contributed by atoms with Gasteiger partial charge in [-0.3, -0.25) is 4.79 Å². The minimum Gasteiger partial charge on any atom is -0.468 e. The molecule has 6 heteroatoms. The molecular formula is C14H16F3NO2. The number of piperidine rings is 1. The van der Waals surface area contributed by atoms with Gasteiger partial charge in [0.2, 0.25) is 0 Å². The monoisotopic (exact) mass is 287 g/mol. The fourth-order valence-electron chi connectivity index (χ4n) is 2.58. The molecule has 0 amide bonds.